The second-order valence-electron chi connectivity index (χ2n) is 5.79. The molecule has 5 heteroatoms. The number of esters is 2. The van der Waals surface area contributed by atoms with Crippen LogP contribution < -0.4 is 0 Å². The van der Waals surface area contributed by atoms with Crippen LogP contribution >= 0.6 is 0 Å². The third-order valence-electron chi connectivity index (χ3n) is 2.61. The fraction of sp³-hybridized carbons (Fsp3) is 0.562. The molecule has 0 radical (unpaired) electrons. The summed E-state index contributed by atoms with van der Waals surface area (Å²) in [5, 5.41) is 0. The van der Waals surface area contributed by atoms with Crippen LogP contribution in [0.1, 0.15) is 58.6 Å². The minimum Gasteiger partial charge on any atom is -0.457 e. The van der Waals surface area contributed by atoms with E-state index in [9.17, 15) is 9.59 Å². The quantitative estimate of drug-likeness (QED) is 0.754. The lowest BCUT2D eigenvalue weighted by molar-refractivity contribution is -0.176. The standard InChI is InChI=1S/C16H23NO4/c1-5-6-7-13(18)20-14(12-8-10-17-11-9-12)15(19)21-16(2,3)4/h8-11,14H,5-7H2,1-4H3. The molecule has 1 aromatic rings. The molecule has 1 atom stereocenters. The lowest BCUT2D eigenvalue weighted by Crippen LogP contribution is -2.30. The molecule has 0 N–H and O–H groups in total. The molecule has 116 valence electrons. The van der Waals surface area contributed by atoms with E-state index in [2.05, 4.69) is 4.98 Å². The Morgan fingerprint density at radius 1 is 1.24 bits per heavy atom. The molecule has 0 aliphatic carbocycles. The number of nitrogens with zero attached hydrogens (tertiary/aromatic N) is 1. The van der Waals surface area contributed by atoms with E-state index in [1.165, 1.54) is 0 Å². The summed E-state index contributed by atoms with van der Waals surface area (Å²) in [6.07, 6.45) is 3.97. The summed E-state index contributed by atoms with van der Waals surface area (Å²) in [4.78, 5) is 28.0. The molecule has 1 rings (SSSR count). The van der Waals surface area contributed by atoms with E-state index in [1.54, 1.807) is 45.3 Å². The zero-order valence-corrected chi connectivity index (χ0v) is 13.1. The van der Waals surface area contributed by atoms with Crippen molar-refractivity contribution in [2.24, 2.45) is 0 Å². The Labute approximate surface area is 125 Å². The number of ether oxygens (including phenoxy) is 2. The summed E-state index contributed by atoms with van der Waals surface area (Å²) in [5.41, 5.74) is -0.0813. The SMILES string of the molecule is CCCCC(=O)OC(C(=O)OC(C)(C)C)c1ccncc1. The Balaban J connectivity index is 2.85. The molecular formula is C16H23NO4. The molecular weight excluding hydrogens is 270 g/mol. The van der Waals surface area contributed by atoms with Crippen molar-refractivity contribution in [2.75, 3.05) is 0 Å². The third-order valence-corrected chi connectivity index (χ3v) is 2.61. The first-order chi connectivity index (χ1) is 9.83. The zero-order chi connectivity index (χ0) is 15.9. The zero-order valence-electron chi connectivity index (χ0n) is 13.1. The Morgan fingerprint density at radius 3 is 2.38 bits per heavy atom. The first-order valence-corrected chi connectivity index (χ1v) is 7.15. The largest absolute Gasteiger partial charge is 0.457 e. The topological polar surface area (TPSA) is 65.5 Å². The number of pyridine rings is 1. The molecule has 0 spiro atoms. The number of carbonyl (C=O) groups excluding carboxylic acids is 2. The van der Waals surface area contributed by atoms with Crippen LogP contribution in [-0.2, 0) is 19.1 Å². The van der Waals surface area contributed by atoms with Crippen molar-refractivity contribution in [2.45, 2.75) is 58.7 Å². The van der Waals surface area contributed by atoms with Crippen LogP contribution in [0.3, 0.4) is 0 Å². The maximum atomic E-state index is 12.2. The van der Waals surface area contributed by atoms with E-state index in [4.69, 9.17) is 9.47 Å². The van der Waals surface area contributed by atoms with Crippen LogP contribution in [0.25, 0.3) is 0 Å². The highest BCUT2D eigenvalue weighted by Gasteiger charge is 2.29. The molecule has 1 unspecified atom stereocenters. The second-order valence-corrected chi connectivity index (χ2v) is 5.79. The van der Waals surface area contributed by atoms with E-state index in [-0.39, 0.29) is 0 Å². The van der Waals surface area contributed by atoms with Crippen LogP contribution in [0, 0.1) is 0 Å². The van der Waals surface area contributed by atoms with Gasteiger partial charge in [-0.2, -0.15) is 0 Å². The fourth-order valence-electron chi connectivity index (χ4n) is 1.66. The second kappa shape index (κ2) is 7.76. The van der Waals surface area contributed by atoms with Crippen LogP contribution in [0.2, 0.25) is 0 Å². The van der Waals surface area contributed by atoms with Crippen molar-refractivity contribution in [3.63, 3.8) is 0 Å². The van der Waals surface area contributed by atoms with Crippen LogP contribution in [0.5, 0.6) is 0 Å². The monoisotopic (exact) mass is 293 g/mol. The molecule has 0 aliphatic rings. The molecule has 0 aromatic carbocycles. The number of aromatic nitrogens is 1. The van der Waals surface area contributed by atoms with E-state index in [0.717, 1.165) is 12.8 Å². The average molecular weight is 293 g/mol. The molecule has 0 amide bonds. The van der Waals surface area contributed by atoms with Gasteiger partial charge in [0, 0.05) is 24.4 Å². The minimum absolute atomic E-state index is 0.293. The van der Waals surface area contributed by atoms with Gasteiger partial charge in [-0.05, 0) is 39.3 Å². The third kappa shape index (κ3) is 6.38. The maximum Gasteiger partial charge on any atom is 0.352 e. The first kappa shape index (κ1) is 17.1. The lowest BCUT2D eigenvalue weighted by atomic mass is 10.1. The smallest absolute Gasteiger partial charge is 0.352 e. The number of rotatable bonds is 6. The summed E-state index contributed by atoms with van der Waals surface area (Å²) in [5.74, 6) is -0.969. The average Bonchev–Trinajstić information content (AvgIpc) is 2.41. The van der Waals surface area contributed by atoms with Crippen molar-refractivity contribution >= 4 is 11.9 Å². The first-order valence-electron chi connectivity index (χ1n) is 7.15. The van der Waals surface area contributed by atoms with Gasteiger partial charge in [0.25, 0.3) is 0 Å². The molecule has 5 nitrogen and oxygen atoms in total. The van der Waals surface area contributed by atoms with Gasteiger partial charge in [-0.15, -0.1) is 0 Å². The van der Waals surface area contributed by atoms with Gasteiger partial charge in [-0.3, -0.25) is 9.78 Å². The predicted molar refractivity (Wildman–Crippen MR) is 78.4 cm³/mol. The van der Waals surface area contributed by atoms with Crippen molar-refractivity contribution in [1.29, 1.82) is 0 Å². The van der Waals surface area contributed by atoms with Crippen molar-refractivity contribution in [3.05, 3.63) is 30.1 Å². The lowest BCUT2D eigenvalue weighted by Gasteiger charge is -2.24. The van der Waals surface area contributed by atoms with E-state index >= 15 is 0 Å². The summed E-state index contributed by atoms with van der Waals surface area (Å²) in [7, 11) is 0. The van der Waals surface area contributed by atoms with Crippen molar-refractivity contribution in [1.82, 2.24) is 4.98 Å². The molecule has 1 aromatic heterocycles. The highest BCUT2D eigenvalue weighted by Crippen LogP contribution is 2.22. The Kier molecular flexibility index (Phi) is 6.34. The van der Waals surface area contributed by atoms with Gasteiger partial charge in [0.05, 0.1) is 0 Å². The number of hydrogen-bond acceptors (Lipinski definition) is 5. The molecule has 0 saturated carbocycles. The number of hydrogen-bond donors (Lipinski definition) is 0. The highest BCUT2D eigenvalue weighted by molar-refractivity contribution is 5.81. The number of carbonyl (C=O) groups is 2. The highest BCUT2D eigenvalue weighted by atomic mass is 16.6. The molecule has 0 aliphatic heterocycles. The normalized spacial score (nSPS) is 12.6. The molecule has 0 fully saturated rings. The summed E-state index contributed by atoms with van der Waals surface area (Å²) in [6.45, 7) is 7.30. The van der Waals surface area contributed by atoms with Gasteiger partial charge in [0.2, 0.25) is 6.10 Å². The Hall–Kier alpha value is -1.91. The molecule has 0 bridgehead atoms. The number of unbranched alkanes of at least 4 members (excludes halogenated alkanes) is 1. The summed E-state index contributed by atoms with van der Waals surface area (Å²) in [6, 6.07) is 3.28. The molecule has 21 heavy (non-hydrogen) atoms. The Bertz CT molecular complexity index is 465. The van der Waals surface area contributed by atoms with E-state index in [0.29, 0.717) is 12.0 Å². The van der Waals surface area contributed by atoms with Gasteiger partial charge >= 0.3 is 11.9 Å². The minimum atomic E-state index is -1.04. The summed E-state index contributed by atoms with van der Waals surface area (Å²) >= 11 is 0. The Morgan fingerprint density at radius 2 is 1.86 bits per heavy atom. The van der Waals surface area contributed by atoms with Gasteiger partial charge in [-0.1, -0.05) is 13.3 Å². The maximum absolute atomic E-state index is 12.2. The van der Waals surface area contributed by atoms with Crippen LogP contribution in [0.4, 0.5) is 0 Å². The van der Waals surface area contributed by atoms with Crippen LogP contribution in [0.15, 0.2) is 24.5 Å². The van der Waals surface area contributed by atoms with E-state index < -0.39 is 23.6 Å². The van der Waals surface area contributed by atoms with Gasteiger partial charge in [0.1, 0.15) is 5.60 Å². The molecule has 1 heterocycles. The summed E-state index contributed by atoms with van der Waals surface area (Å²) < 4.78 is 10.6. The van der Waals surface area contributed by atoms with E-state index in [1.807, 2.05) is 6.92 Å². The molecule has 0 saturated heterocycles. The van der Waals surface area contributed by atoms with Gasteiger partial charge in [-0.25, -0.2) is 4.79 Å². The van der Waals surface area contributed by atoms with Crippen LogP contribution in [-0.4, -0.2) is 22.5 Å². The van der Waals surface area contributed by atoms with Gasteiger partial charge in [0.15, 0.2) is 0 Å². The predicted octanol–water partition coefficient (Wildman–Crippen LogP) is 3.20. The van der Waals surface area contributed by atoms with Crippen molar-refractivity contribution < 1.29 is 19.1 Å². The van der Waals surface area contributed by atoms with Gasteiger partial charge < -0.3 is 9.47 Å². The van der Waals surface area contributed by atoms with Crippen molar-refractivity contribution in [3.8, 4) is 0 Å². The fourth-order valence-corrected chi connectivity index (χ4v) is 1.66.